The Balaban J connectivity index is 2.07. The zero-order valence-electron chi connectivity index (χ0n) is 14.8. The van der Waals surface area contributed by atoms with E-state index in [-0.39, 0.29) is 23.8 Å². The first kappa shape index (κ1) is 20.3. The number of rotatable bonds is 7. The van der Waals surface area contributed by atoms with Crippen molar-refractivity contribution in [3.8, 4) is 5.75 Å². The summed E-state index contributed by atoms with van der Waals surface area (Å²) in [5.41, 5.74) is 2.03. The number of benzene rings is 2. The fourth-order valence-corrected chi connectivity index (χ4v) is 2.57. The van der Waals surface area contributed by atoms with Gasteiger partial charge in [0.2, 0.25) is 0 Å². The molecule has 0 heterocycles. The van der Waals surface area contributed by atoms with Gasteiger partial charge < -0.3 is 9.63 Å². The van der Waals surface area contributed by atoms with Crippen LogP contribution in [0.5, 0.6) is 5.75 Å². The first-order chi connectivity index (χ1) is 12.8. The van der Waals surface area contributed by atoms with Crippen LogP contribution in [0.3, 0.4) is 0 Å². The highest BCUT2D eigenvalue weighted by Gasteiger charge is 2.12. The molecule has 0 spiro atoms. The van der Waals surface area contributed by atoms with Gasteiger partial charge in [0.1, 0.15) is 6.61 Å². The molecule has 1 N–H and O–H groups in total. The Morgan fingerprint density at radius 2 is 1.89 bits per heavy atom. The van der Waals surface area contributed by atoms with Crippen LogP contribution in [-0.2, 0) is 20.7 Å². The van der Waals surface area contributed by atoms with E-state index < -0.39 is 14.3 Å². The summed E-state index contributed by atoms with van der Waals surface area (Å²) < 4.78 is 20.4. The molecule has 2 aromatic rings. The van der Waals surface area contributed by atoms with Crippen LogP contribution in [-0.4, -0.2) is 11.9 Å². The predicted molar refractivity (Wildman–Crippen MR) is 97.8 cm³/mol. The van der Waals surface area contributed by atoms with Crippen molar-refractivity contribution in [2.45, 2.75) is 20.5 Å². The van der Waals surface area contributed by atoms with Crippen molar-refractivity contribution in [1.29, 1.82) is 0 Å². The maximum absolute atomic E-state index is 12.0. The Morgan fingerprint density at radius 1 is 1.19 bits per heavy atom. The summed E-state index contributed by atoms with van der Waals surface area (Å²) in [6.45, 7) is 3.06. The molecule has 1 atom stereocenters. The number of Topliss-reactive ketones (excluding diaryl/α,β-unsaturated/α-hetero) is 1. The normalized spacial score (nSPS) is 11.5. The highest BCUT2D eigenvalue weighted by Crippen LogP contribution is 2.26. The fraction of sp³-hybridized carbons (Fsp3) is 0.158. The highest BCUT2D eigenvalue weighted by molar-refractivity contribution is 7.31. The lowest BCUT2D eigenvalue weighted by molar-refractivity contribution is -0.178. The molecule has 0 aliphatic carbocycles. The molecule has 2 rings (SSSR count). The summed E-state index contributed by atoms with van der Waals surface area (Å²) in [5, 5.41) is 2.42. The minimum atomic E-state index is -3.01. The van der Waals surface area contributed by atoms with Crippen molar-refractivity contribution in [2.24, 2.45) is 0 Å². The number of ketones is 1. The van der Waals surface area contributed by atoms with E-state index in [0.717, 1.165) is 5.56 Å². The molecule has 8 heteroatoms. The van der Waals surface area contributed by atoms with Crippen molar-refractivity contribution in [3.05, 3.63) is 70.9 Å². The molecule has 27 heavy (non-hydrogen) atoms. The average molecular weight is 387 g/mol. The standard InChI is InChI=1S/C19H18NO6P/c1-13-10-16(8-9-18(13)26-27(23)24)11-17(14(2)21)20-19(22)25-12-15-6-4-3-5-7-15/h3-11H,12H2,1-2H3,(H,20,22). The molecule has 0 fully saturated rings. The van der Waals surface area contributed by atoms with E-state index in [1.165, 1.54) is 19.1 Å². The Kier molecular flexibility index (Phi) is 7.23. The molecule has 0 saturated carbocycles. The van der Waals surface area contributed by atoms with Gasteiger partial charge in [0.05, 0.1) is 5.70 Å². The zero-order valence-corrected chi connectivity index (χ0v) is 15.7. The van der Waals surface area contributed by atoms with Crippen LogP contribution in [0.1, 0.15) is 23.6 Å². The van der Waals surface area contributed by atoms with Crippen molar-refractivity contribution in [1.82, 2.24) is 5.32 Å². The summed E-state index contributed by atoms with van der Waals surface area (Å²) in [6, 6.07) is 13.8. The second kappa shape index (κ2) is 9.62. The number of ether oxygens (including phenoxy) is 1. The molecule has 0 aliphatic heterocycles. The third-order valence-corrected chi connectivity index (χ3v) is 3.86. The number of hydrogen-bond donors (Lipinski definition) is 1. The molecule has 7 nitrogen and oxygen atoms in total. The molecule has 1 unspecified atom stereocenters. The van der Waals surface area contributed by atoms with E-state index >= 15 is 0 Å². The summed E-state index contributed by atoms with van der Waals surface area (Å²) >= 11 is 0. The van der Waals surface area contributed by atoms with Crippen molar-refractivity contribution >= 4 is 26.2 Å². The quantitative estimate of drug-likeness (QED) is 0.578. The first-order valence-corrected chi connectivity index (χ1v) is 9.08. The molecular formula is C19H18NO6P. The first-order valence-electron chi connectivity index (χ1n) is 7.98. The molecule has 0 saturated heterocycles. The van der Waals surface area contributed by atoms with E-state index in [0.29, 0.717) is 11.1 Å². The van der Waals surface area contributed by atoms with Crippen LogP contribution in [0.4, 0.5) is 4.79 Å². The Morgan fingerprint density at radius 3 is 2.48 bits per heavy atom. The summed E-state index contributed by atoms with van der Waals surface area (Å²) in [5.74, 6) is -0.157. The number of aryl methyl sites for hydroxylation is 1. The number of carbonyl (C=O) groups is 2. The maximum atomic E-state index is 12.0. The monoisotopic (exact) mass is 387 g/mol. The largest absolute Gasteiger partial charge is 0.558 e. The highest BCUT2D eigenvalue weighted by atomic mass is 31.1. The zero-order chi connectivity index (χ0) is 19.8. The summed E-state index contributed by atoms with van der Waals surface area (Å²) in [6.07, 6.45) is 0.723. The van der Waals surface area contributed by atoms with Gasteiger partial charge in [-0.3, -0.25) is 14.6 Å². The molecule has 1 amide bonds. The van der Waals surface area contributed by atoms with Crippen LogP contribution in [0.2, 0.25) is 0 Å². The number of allylic oxidation sites excluding steroid dienone is 1. The predicted octanol–water partition coefficient (Wildman–Crippen LogP) is 3.25. The average Bonchev–Trinajstić information content (AvgIpc) is 2.62. The van der Waals surface area contributed by atoms with Gasteiger partial charge in [0, 0.05) is 6.92 Å². The molecule has 0 bridgehead atoms. The van der Waals surface area contributed by atoms with Crippen LogP contribution in [0.25, 0.3) is 6.08 Å². The van der Waals surface area contributed by atoms with Crippen molar-refractivity contribution in [2.75, 3.05) is 0 Å². The number of carbonyl (C=O) groups excluding carboxylic acids is 2. The molecule has 0 aliphatic rings. The van der Waals surface area contributed by atoms with Crippen LogP contribution in [0, 0.1) is 6.92 Å². The van der Waals surface area contributed by atoms with Gasteiger partial charge in [0.15, 0.2) is 11.5 Å². The molecule has 2 aromatic carbocycles. The van der Waals surface area contributed by atoms with Crippen LogP contribution < -0.4 is 14.7 Å². The minimum absolute atomic E-state index is 0.0519. The number of nitrogens with one attached hydrogen (secondary N) is 1. The lowest BCUT2D eigenvalue weighted by Crippen LogP contribution is -2.26. The van der Waals surface area contributed by atoms with Gasteiger partial charge in [-0.05, 0) is 46.4 Å². The second-order valence-electron chi connectivity index (χ2n) is 5.64. The maximum Gasteiger partial charge on any atom is 0.539 e. The van der Waals surface area contributed by atoms with Gasteiger partial charge >= 0.3 is 14.3 Å². The van der Waals surface area contributed by atoms with E-state index in [4.69, 9.17) is 4.74 Å². The summed E-state index contributed by atoms with van der Waals surface area (Å²) in [4.78, 5) is 34.4. The molecule has 0 aromatic heterocycles. The van der Waals surface area contributed by atoms with E-state index in [9.17, 15) is 19.0 Å². The third-order valence-electron chi connectivity index (χ3n) is 3.51. The number of hydrogen-bond acceptors (Lipinski definition) is 6. The van der Waals surface area contributed by atoms with Gasteiger partial charge in [-0.1, -0.05) is 36.4 Å². The van der Waals surface area contributed by atoms with Crippen LogP contribution >= 0.6 is 8.25 Å². The Labute approximate surface area is 157 Å². The topological polar surface area (TPSA) is 105 Å². The second-order valence-corrected chi connectivity index (χ2v) is 6.27. The van der Waals surface area contributed by atoms with Gasteiger partial charge in [-0.15, -0.1) is 0 Å². The minimum Gasteiger partial charge on any atom is -0.558 e. The molecule has 140 valence electrons. The van der Waals surface area contributed by atoms with E-state index in [2.05, 4.69) is 9.84 Å². The molecule has 0 radical (unpaired) electrons. The van der Waals surface area contributed by atoms with E-state index in [1.807, 2.05) is 30.3 Å². The van der Waals surface area contributed by atoms with Crippen LogP contribution in [0.15, 0.2) is 54.2 Å². The SMILES string of the molecule is CC(=O)C(=Cc1ccc(O[P+](=O)[O-])c(C)c1)NC(=O)OCc1ccccc1. The van der Waals surface area contributed by atoms with Gasteiger partial charge in [-0.25, -0.2) is 4.79 Å². The lowest BCUT2D eigenvalue weighted by atomic mass is 10.1. The number of alkyl carbamates (subject to hydrolysis) is 1. The summed E-state index contributed by atoms with van der Waals surface area (Å²) in [7, 11) is -3.01. The fourth-order valence-electron chi connectivity index (χ4n) is 2.21. The van der Waals surface area contributed by atoms with Gasteiger partial charge in [0.25, 0.3) is 0 Å². The lowest BCUT2D eigenvalue weighted by Gasteiger charge is -2.09. The Hall–Kier alpha value is -3.02. The molecular weight excluding hydrogens is 369 g/mol. The van der Waals surface area contributed by atoms with Crippen molar-refractivity contribution < 1.29 is 28.3 Å². The number of amides is 1. The van der Waals surface area contributed by atoms with Gasteiger partial charge in [-0.2, -0.15) is 0 Å². The third kappa shape index (κ3) is 6.66. The van der Waals surface area contributed by atoms with E-state index in [1.54, 1.807) is 19.1 Å². The Bertz CT molecular complexity index is 879. The smallest absolute Gasteiger partial charge is 0.539 e. The van der Waals surface area contributed by atoms with Crippen molar-refractivity contribution in [3.63, 3.8) is 0 Å².